The van der Waals surface area contributed by atoms with Gasteiger partial charge in [-0.2, -0.15) is 0 Å². The molecule has 0 fully saturated rings. The van der Waals surface area contributed by atoms with E-state index in [0.717, 1.165) is 0 Å². The van der Waals surface area contributed by atoms with E-state index in [1.165, 1.54) is 12.5 Å². The molecular formula is C20H14BrN3O2. The molecule has 2 aromatic carbocycles. The summed E-state index contributed by atoms with van der Waals surface area (Å²) < 4.78 is 5.57. The number of nitrogens with one attached hydrogen (secondary N) is 2. The van der Waals surface area contributed by atoms with Crippen molar-refractivity contribution in [3.05, 3.63) is 81.7 Å². The van der Waals surface area contributed by atoms with Crippen LogP contribution < -0.4 is 11.1 Å². The van der Waals surface area contributed by atoms with Crippen LogP contribution in [0.5, 0.6) is 0 Å². The summed E-state index contributed by atoms with van der Waals surface area (Å²) in [7, 11) is 0. The summed E-state index contributed by atoms with van der Waals surface area (Å²) >= 11 is 3.36. The summed E-state index contributed by atoms with van der Waals surface area (Å²) in [5.74, 6) is 2.20. The largest absolute Gasteiger partial charge is 0.472 e. The molecule has 0 radical (unpaired) electrons. The molecule has 4 N–H and O–H groups in total. The predicted octanol–water partition coefficient (Wildman–Crippen LogP) is 4.27. The molecule has 3 rings (SSSR count). The summed E-state index contributed by atoms with van der Waals surface area (Å²) in [5, 5.41) is 11.1. The molecule has 0 aliphatic heterocycles. The fourth-order valence-corrected chi connectivity index (χ4v) is 2.99. The van der Waals surface area contributed by atoms with Gasteiger partial charge >= 0.3 is 0 Å². The average Bonchev–Trinajstić information content (AvgIpc) is 3.17. The molecule has 1 heterocycles. The number of benzene rings is 2. The van der Waals surface area contributed by atoms with E-state index in [1.54, 1.807) is 42.5 Å². The van der Waals surface area contributed by atoms with Gasteiger partial charge in [-0.05, 0) is 52.3 Å². The van der Waals surface area contributed by atoms with Gasteiger partial charge in [-0.3, -0.25) is 10.2 Å². The lowest BCUT2D eigenvalue weighted by Crippen LogP contribution is -2.14. The minimum atomic E-state index is -0.320. The molecule has 0 atom stereocenters. The second-order valence-corrected chi connectivity index (χ2v) is 6.25. The van der Waals surface area contributed by atoms with Gasteiger partial charge in [0.2, 0.25) is 0 Å². The fraction of sp³-hybridized carbons (Fsp3) is 0. The third kappa shape index (κ3) is 3.39. The highest BCUT2D eigenvalue weighted by molar-refractivity contribution is 9.10. The third-order valence-corrected chi connectivity index (χ3v) is 4.64. The minimum Gasteiger partial charge on any atom is -0.472 e. The van der Waals surface area contributed by atoms with Crippen LogP contribution in [-0.4, -0.2) is 11.6 Å². The quantitative estimate of drug-likeness (QED) is 0.342. The van der Waals surface area contributed by atoms with E-state index in [-0.39, 0.29) is 11.6 Å². The van der Waals surface area contributed by atoms with Crippen LogP contribution in [0.3, 0.4) is 0 Å². The number of hydrogen-bond donors (Lipinski definition) is 3. The second kappa shape index (κ2) is 7.30. The number of carbonyl (C=O) groups excluding carboxylic acids is 1. The van der Waals surface area contributed by atoms with Gasteiger partial charge in [0.05, 0.1) is 23.8 Å². The SMILES string of the molecule is C#Cc1cccc(C(=O)Nc2ccc(N)c(C(=N)c3ccoc3)c2)c1Br. The van der Waals surface area contributed by atoms with Gasteiger partial charge in [0, 0.05) is 32.5 Å². The Morgan fingerprint density at radius 1 is 1.23 bits per heavy atom. The zero-order valence-electron chi connectivity index (χ0n) is 13.5. The van der Waals surface area contributed by atoms with Gasteiger partial charge < -0.3 is 15.5 Å². The summed E-state index contributed by atoms with van der Waals surface area (Å²) in [6, 6.07) is 11.8. The van der Waals surface area contributed by atoms with E-state index in [9.17, 15) is 4.79 Å². The third-order valence-electron chi connectivity index (χ3n) is 3.79. The Kier molecular flexibility index (Phi) is 4.92. The number of furan rings is 1. The van der Waals surface area contributed by atoms with Crippen molar-refractivity contribution in [2.45, 2.75) is 0 Å². The van der Waals surface area contributed by atoms with Crippen molar-refractivity contribution in [3.63, 3.8) is 0 Å². The van der Waals surface area contributed by atoms with Gasteiger partial charge in [-0.25, -0.2) is 0 Å². The topological polar surface area (TPSA) is 92.1 Å². The van der Waals surface area contributed by atoms with E-state index < -0.39 is 0 Å². The van der Waals surface area contributed by atoms with Crippen molar-refractivity contribution in [3.8, 4) is 12.3 Å². The average molecular weight is 408 g/mol. The number of anilines is 2. The number of rotatable bonds is 4. The Morgan fingerprint density at radius 2 is 2.04 bits per heavy atom. The van der Waals surface area contributed by atoms with Gasteiger partial charge in [0.25, 0.3) is 5.91 Å². The molecule has 3 aromatic rings. The Morgan fingerprint density at radius 3 is 2.73 bits per heavy atom. The molecule has 0 saturated heterocycles. The summed E-state index contributed by atoms with van der Waals surface area (Å²) in [6.07, 6.45) is 8.39. The van der Waals surface area contributed by atoms with Gasteiger partial charge in [-0.15, -0.1) is 6.42 Å². The number of hydrogen-bond acceptors (Lipinski definition) is 4. The lowest BCUT2D eigenvalue weighted by molar-refractivity contribution is 0.102. The summed E-state index contributed by atoms with van der Waals surface area (Å²) in [5.41, 5.74) is 9.27. The lowest BCUT2D eigenvalue weighted by atomic mass is 10.0. The van der Waals surface area contributed by atoms with E-state index in [1.807, 2.05) is 0 Å². The maximum absolute atomic E-state index is 12.6. The molecular weight excluding hydrogens is 394 g/mol. The molecule has 0 bridgehead atoms. The van der Waals surface area contributed by atoms with Crippen molar-refractivity contribution in [1.82, 2.24) is 0 Å². The van der Waals surface area contributed by atoms with Crippen molar-refractivity contribution in [2.75, 3.05) is 11.1 Å². The zero-order chi connectivity index (χ0) is 18.7. The number of terminal acetylenes is 1. The van der Waals surface area contributed by atoms with Crippen LogP contribution in [0.1, 0.15) is 27.0 Å². The first-order chi connectivity index (χ1) is 12.5. The number of halogens is 1. The minimum absolute atomic E-state index is 0.211. The van der Waals surface area contributed by atoms with Crippen molar-refractivity contribution in [2.24, 2.45) is 0 Å². The van der Waals surface area contributed by atoms with Crippen LogP contribution in [0.15, 0.2) is 63.9 Å². The molecule has 1 amide bonds. The predicted molar refractivity (Wildman–Crippen MR) is 106 cm³/mol. The molecule has 0 aliphatic carbocycles. The molecule has 0 spiro atoms. The Hall–Kier alpha value is -3.30. The highest BCUT2D eigenvalue weighted by Gasteiger charge is 2.15. The van der Waals surface area contributed by atoms with Gasteiger partial charge in [0.15, 0.2) is 0 Å². The number of carbonyl (C=O) groups is 1. The highest BCUT2D eigenvalue weighted by Crippen LogP contribution is 2.25. The van der Waals surface area contributed by atoms with E-state index in [2.05, 4.69) is 27.2 Å². The monoisotopic (exact) mass is 407 g/mol. The normalized spacial score (nSPS) is 10.2. The van der Waals surface area contributed by atoms with Crippen LogP contribution in [0.4, 0.5) is 11.4 Å². The van der Waals surface area contributed by atoms with Gasteiger partial charge in [-0.1, -0.05) is 12.0 Å². The van der Waals surface area contributed by atoms with Crippen LogP contribution in [0, 0.1) is 17.8 Å². The molecule has 5 nitrogen and oxygen atoms in total. The van der Waals surface area contributed by atoms with E-state index in [0.29, 0.717) is 38.1 Å². The van der Waals surface area contributed by atoms with Crippen LogP contribution in [0.2, 0.25) is 0 Å². The first kappa shape index (κ1) is 17.5. The fourth-order valence-electron chi connectivity index (χ4n) is 2.43. The summed E-state index contributed by atoms with van der Waals surface area (Å²) in [6.45, 7) is 0. The molecule has 26 heavy (non-hydrogen) atoms. The van der Waals surface area contributed by atoms with Crippen molar-refractivity contribution in [1.29, 1.82) is 5.41 Å². The number of amides is 1. The Balaban J connectivity index is 1.90. The molecule has 0 unspecified atom stereocenters. The lowest BCUT2D eigenvalue weighted by Gasteiger charge is -2.11. The van der Waals surface area contributed by atoms with Crippen LogP contribution >= 0.6 is 15.9 Å². The van der Waals surface area contributed by atoms with Gasteiger partial charge in [0.1, 0.15) is 0 Å². The molecule has 1 aromatic heterocycles. The van der Waals surface area contributed by atoms with Crippen molar-refractivity contribution >= 4 is 38.9 Å². The molecule has 6 heteroatoms. The molecule has 0 aliphatic rings. The maximum Gasteiger partial charge on any atom is 0.256 e. The maximum atomic E-state index is 12.6. The standard InChI is InChI=1S/C20H14BrN3O2/c1-2-12-4-3-5-15(18(12)21)20(25)24-14-6-7-17(22)16(10-14)19(23)13-8-9-26-11-13/h1,3-11,23H,22H2,(H,24,25). The van der Waals surface area contributed by atoms with E-state index >= 15 is 0 Å². The number of nitrogens with two attached hydrogens (primary N) is 1. The van der Waals surface area contributed by atoms with Crippen molar-refractivity contribution < 1.29 is 9.21 Å². The van der Waals surface area contributed by atoms with Crippen LogP contribution in [0.25, 0.3) is 0 Å². The first-order valence-electron chi connectivity index (χ1n) is 7.58. The second-order valence-electron chi connectivity index (χ2n) is 5.45. The smallest absolute Gasteiger partial charge is 0.256 e. The number of nitrogen functional groups attached to an aromatic ring is 1. The summed E-state index contributed by atoms with van der Waals surface area (Å²) in [4.78, 5) is 12.6. The van der Waals surface area contributed by atoms with E-state index in [4.69, 9.17) is 22.0 Å². The molecule has 0 saturated carbocycles. The Bertz CT molecular complexity index is 1030. The highest BCUT2D eigenvalue weighted by atomic mass is 79.9. The first-order valence-corrected chi connectivity index (χ1v) is 8.38. The Labute approximate surface area is 158 Å². The van der Waals surface area contributed by atoms with Crippen LogP contribution in [-0.2, 0) is 0 Å². The molecule has 128 valence electrons. The zero-order valence-corrected chi connectivity index (χ0v) is 15.1.